The Morgan fingerprint density at radius 3 is 2.38 bits per heavy atom. The van der Waals surface area contributed by atoms with Crippen molar-refractivity contribution in [3.05, 3.63) is 65.0 Å². The van der Waals surface area contributed by atoms with E-state index in [1.165, 1.54) is 6.07 Å². The number of amides is 1. The number of methoxy groups -OCH3 is 1. The van der Waals surface area contributed by atoms with Crippen LogP contribution in [0.3, 0.4) is 0 Å². The van der Waals surface area contributed by atoms with Crippen LogP contribution in [0.2, 0.25) is 0 Å². The van der Waals surface area contributed by atoms with E-state index in [-0.39, 0.29) is 23.8 Å². The molecule has 29 heavy (non-hydrogen) atoms. The third kappa shape index (κ3) is 5.64. The lowest BCUT2D eigenvalue weighted by Gasteiger charge is -2.34. The first-order valence-corrected chi connectivity index (χ1v) is 9.88. The number of rotatable bonds is 7. The monoisotopic (exact) mass is 398 g/mol. The number of piperazine rings is 1. The van der Waals surface area contributed by atoms with Crippen LogP contribution < -0.4 is 4.74 Å². The van der Waals surface area contributed by atoms with Crippen molar-refractivity contribution in [1.29, 1.82) is 0 Å². The number of halogens is 1. The third-order valence-corrected chi connectivity index (χ3v) is 5.30. The van der Waals surface area contributed by atoms with Gasteiger partial charge in [0, 0.05) is 32.6 Å². The molecule has 0 N–H and O–H groups in total. The quantitative estimate of drug-likeness (QED) is 0.673. The molecule has 0 aliphatic carbocycles. The van der Waals surface area contributed by atoms with Gasteiger partial charge in [0.15, 0.2) is 5.78 Å². The summed E-state index contributed by atoms with van der Waals surface area (Å²) in [5.41, 5.74) is 2.11. The first-order valence-electron chi connectivity index (χ1n) is 9.88. The van der Waals surface area contributed by atoms with Gasteiger partial charge in [0.2, 0.25) is 5.91 Å². The van der Waals surface area contributed by atoms with E-state index in [9.17, 15) is 14.0 Å². The highest BCUT2D eigenvalue weighted by Crippen LogP contribution is 2.15. The van der Waals surface area contributed by atoms with E-state index in [0.29, 0.717) is 39.0 Å². The number of hydrogen-bond acceptors (Lipinski definition) is 4. The predicted molar refractivity (Wildman–Crippen MR) is 110 cm³/mol. The minimum absolute atomic E-state index is 0.122. The molecule has 1 saturated heterocycles. The first kappa shape index (κ1) is 21.0. The summed E-state index contributed by atoms with van der Waals surface area (Å²) in [6.45, 7) is 4.43. The van der Waals surface area contributed by atoms with Crippen molar-refractivity contribution in [1.82, 2.24) is 9.80 Å². The topological polar surface area (TPSA) is 49.9 Å². The highest BCUT2D eigenvalue weighted by molar-refractivity contribution is 5.98. The van der Waals surface area contributed by atoms with Crippen LogP contribution in [-0.4, -0.2) is 61.3 Å². The van der Waals surface area contributed by atoms with Crippen LogP contribution in [0, 0.1) is 12.7 Å². The van der Waals surface area contributed by atoms with Gasteiger partial charge in [-0.2, -0.15) is 0 Å². The van der Waals surface area contributed by atoms with E-state index in [1.54, 1.807) is 19.2 Å². The Morgan fingerprint density at radius 2 is 1.72 bits per heavy atom. The summed E-state index contributed by atoms with van der Waals surface area (Å²) < 4.78 is 19.1. The third-order valence-electron chi connectivity index (χ3n) is 5.30. The van der Waals surface area contributed by atoms with Gasteiger partial charge in [0.05, 0.1) is 19.2 Å². The Kier molecular flexibility index (Phi) is 6.99. The Balaban J connectivity index is 1.45. The molecule has 0 radical (unpaired) electrons. The Hall–Kier alpha value is -2.73. The molecule has 2 aromatic rings. The molecular formula is C23H27FN2O3. The number of aryl methyl sites for hydroxylation is 2. The average molecular weight is 398 g/mol. The lowest BCUT2D eigenvalue weighted by Crippen LogP contribution is -2.50. The molecule has 0 aromatic heterocycles. The van der Waals surface area contributed by atoms with Crippen molar-refractivity contribution < 1.29 is 18.7 Å². The number of ether oxygens (including phenoxy) is 1. The average Bonchev–Trinajstić information content (AvgIpc) is 2.74. The van der Waals surface area contributed by atoms with Crippen LogP contribution in [0.15, 0.2) is 42.5 Å². The lowest BCUT2D eigenvalue weighted by molar-refractivity contribution is -0.132. The summed E-state index contributed by atoms with van der Waals surface area (Å²) in [5.74, 6) is 0.228. The van der Waals surface area contributed by atoms with E-state index < -0.39 is 5.82 Å². The summed E-state index contributed by atoms with van der Waals surface area (Å²) in [6, 6.07) is 12.3. The maximum Gasteiger partial charge on any atom is 0.222 e. The standard InChI is InChI=1S/C23H27FN2O3/c1-17-3-9-21(24)20(15-17)22(27)16-25-11-13-26(14-12-25)23(28)10-6-18-4-7-19(29-2)8-5-18/h3-5,7-9,15H,6,10-14,16H2,1-2H3. The number of carbonyl (C=O) groups excluding carboxylic acids is 2. The Morgan fingerprint density at radius 1 is 1.03 bits per heavy atom. The fourth-order valence-corrected chi connectivity index (χ4v) is 3.50. The molecule has 6 heteroatoms. The van der Waals surface area contributed by atoms with Crippen LogP contribution in [-0.2, 0) is 11.2 Å². The smallest absolute Gasteiger partial charge is 0.222 e. The zero-order chi connectivity index (χ0) is 20.8. The molecule has 154 valence electrons. The van der Waals surface area contributed by atoms with Crippen molar-refractivity contribution in [2.75, 3.05) is 39.8 Å². The van der Waals surface area contributed by atoms with E-state index in [1.807, 2.05) is 41.0 Å². The molecule has 1 fully saturated rings. The van der Waals surface area contributed by atoms with Gasteiger partial charge in [0.25, 0.3) is 0 Å². The fraction of sp³-hybridized carbons (Fsp3) is 0.391. The second-order valence-corrected chi connectivity index (χ2v) is 7.41. The second-order valence-electron chi connectivity index (χ2n) is 7.41. The fourth-order valence-electron chi connectivity index (χ4n) is 3.50. The van der Waals surface area contributed by atoms with Gasteiger partial charge in [-0.25, -0.2) is 4.39 Å². The van der Waals surface area contributed by atoms with Crippen molar-refractivity contribution in [3.63, 3.8) is 0 Å². The molecule has 1 heterocycles. The largest absolute Gasteiger partial charge is 0.497 e. The lowest BCUT2D eigenvalue weighted by atomic mass is 10.1. The molecule has 1 amide bonds. The number of Topliss-reactive ketones (excluding diaryl/α,β-unsaturated/α-hetero) is 1. The van der Waals surface area contributed by atoms with Crippen LogP contribution in [0.1, 0.15) is 27.9 Å². The maximum absolute atomic E-state index is 13.9. The molecule has 0 bridgehead atoms. The molecule has 0 unspecified atom stereocenters. The number of benzene rings is 2. The van der Waals surface area contributed by atoms with Gasteiger partial charge in [-0.1, -0.05) is 23.8 Å². The summed E-state index contributed by atoms with van der Waals surface area (Å²) >= 11 is 0. The minimum atomic E-state index is -0.479. The number of ketones is 1. The molecule has 0 saturated carbocycles. The molecule has 5 nitrogen and oxygen atoms in total. The predicted octanol–water partition coefficient (Wildman–Crippen LogP) is 3.10. The van der Waals surface area contributed by atoms with Gasteiger partial charge in [-0.05, 0) is 43.2 Å². The normalized spacial score (nSPS) is 14.7. The van der Waals surface area contributed by atoms with E-state index in [0.717, 1.165) is 16.9 Å². The second kappa shape index (κ2) is 9.65. The zero-order valence-corrected chi connectivity index (χ0v) is 17.0. The van der Waals surface area contributed by atoms with E-state index in [4.69, 9.17) is 4.74 Å². The van der Waals surface area contributed by atoms with E-state index >= 15 is 0 Å². The first-order chi connectivity index (χ1) is 14.0. The van der Waals surface area contributed by atoms with Crippen molar-refractivity contribution in [2.45, 2.75) is 19.8 Å². The Labute approximate surface area is 171 Å². The zero-order valence-electron chi connectivity index (χ0n) is 17.0. The molecular weight excluding hydrogens is 371 g/mol. The van der Waals surface area contributed by atoms with Gasteiger partial charge >= 0.3 is 0 Å². The molecule has 0 spiro atoms. The van der Waals surface area contributed by atoms with E-state index in [2.05, 4.69) is 0 Å². The minimum Gasteiger partial charge on any atom is -0.497 e. The van der Waals surface area contributed by atoms with Crippen molar-refractivity contribution in [3.8, 4) is 5.75 Å². The van der Waals surface area contributed by atoms with Gasteiger partial charge in [0.1, 0.15) is 11.6 Å². The van der Waals surface area contributed by atoms with Crippen LogP contribution in [0.5, 0.6) is 5.75 Å². The number of carbonyl (C=O) groups is 2. The number of hydrogen-bond donors (Lipinski definition) is 0. The summed E-state index contributed by atoms with van der Waals surface area (Å²) in [6.07, 6.45) is 1.15. The SMILES string of the molecule is COc1ccc(CCC(=O)N2CCN(CC(=O)c3cc(C)ccc3F)CC2)cc1. The summed E-state index contributed by atoms with van der Waals surface area (Å²) in [5, 5.41) is 0. The van der Waals surface area contributed by atoms with Gasteiger partial charge in [-0.15, -0.1) is 0 Å². The highest BCUT2D eigenvalue weighted by Gasteiger charge is 2.23. The van der Waals surface area contributed by atoms with Crippen LogP contribution in [0.25, 0.3) is 0 Å². The molecule has 1 aliphatic rings. The van der Waals surface area contributed by atoms with Crippen LogP contribution >= 0.6 is 0 Å². The summed E-state index contributed by atoms with van der Waals surface area (Å²) in [4.78, 5) is 28.8. The Bertz CT molecular complexity index is 859. The molecule has 3 rings (SSSR count). The van der Waals surface area contributed by atoms with Crippen LogP contribution in [0.4, 0.5) is 4.39 Å². The molecule has 0 atom stereocenters. The number of nitrogens with zero attached hydrogens (tertiary/aromatic N) is 2. The van der Waals surface area contributed by atoms with Crippen molar-refractivity contribution >= 4 is 11.7 Å². The molecule has 1 aliphatic heterocycles. The maximum atomic E-state index is 13.9. The summed E-state index contributed by atoms with van der Waals surface area (Å²) in [7, 11) is 1.63. The van der Waals surface area contributed by atoms with Crippen molar-refractivity contribution in [2.24, 2.45) is 0 Å². The van der Waals surface area contributed by atoms with Gasteiger partial charge in [-0.3, -0.25) is 14.5 Å². The van der Waals surface area contributed by atoms with Gasteiger partial charge < -0.3 is 9.64 Å². The highest BCUT2D eigenvalue weighted by atomic mass is 19.1. The molecule has 2 aromatic carbocycles.